The molecule has 0 bridgehead atoms. The largest absolute Gasteiger partial charge is 0.365 e. The molecule has 0 spiro atoms. The minimum atomic E-state index is -0.498. The summed E-state index contributed by atoms with van der Waals surface area (Å²) in [5.74, 6) is -0.426. The van der Waals surface area contributed by atoms with Crippen LogP contribution in [0.25, 0.3) is 0 Å². The highest BCUT2D eigenvalue weighted by Gasteiger charge is 2.25. The maximum Gasteiger partial charge on any atom is 0.253 e. The van der Waals surface area contributed by atoms with Gasteiger partial charge in [-0.05, 0) is 37.5 Å². The predicted molar refractivity (Wildman–Crippen MR) is 91.8 cm³/mol. The molecule has 0 aromatic heterocycles. The van der Waals surface area contributed by atoms with E-state index in [2.05, 4.69) is 10.6 Å². The van der Waals surface area contributed by atoms with Gasteiger partial charge in [-0.25, -0.2) is 0 Å². The van der Waals surface area contributed by atoms with Gasteiger partial charge in [-0.2, -0.15) is 0 Å². The fourth-order valence-electron chi connectivity index (χ4n) is 2.73. The topological polar surface area (TPSA) is 67.4 Å². The van der Waals surface area contributed by atoms with E-state index in [0.717, 1.165) is 25.7 Å². The molecule has 0 saturated heterocycles. The molecule has 1 aromatic carbocycles. The summed E-state index contributed by atoms with van der Waals surface area (Å²) in [7, 11) is 0. The van der Waals surface area contributed by atoms with Gasteiger partial charge in [-0.1, -0.05) is 31.4 Å². The quantitative estimate of drug-likeness (QED) is 0.824. The van der Waals surface area contributed by atoms with E-state index < -0.39 is 6.10 Å². The molecule has 0 heterocycles. The Labute approximate surface area is 141 Å². The van der Waals surface area contributed by atoms with E-state index in [1.54, 1.807) is 18.2 Å². The Morgan fingerprint density at radius 1 is 1.26 bits per heavy atom. The number of rotatable bonds is 6. The van der Waals surface area contributed by atoms with Gasteiger partial charge < -0.3 is 15.4 Å². The molecule has 1 aliphatic rings. The van der Waals surface area contributed by atoms with Gasteiger partial charge in [0.25, 0.3) is 5.91 Å². The van der Waals surface area contributed by atoms with Crippen molar-refractivity contribution < 1.29 is 14.3 Å². The number of carbonyl (C=O) groups excluding carboxylic acids is 2. The summed E-state index contributed by atoms with van der Waals surface area (Å²) >= 11 is 5.99. The van der Waals surface area contributed by atoms with Crippen molar-refractivity contribution in [3.8, 4) is 0 Å². The summed E-state index contributed by atoms with van der Waals surface area (Å²) in [6.45, 7) is 3.34. The van der Waals surface area contributed by atoms with Crippen LogP contribution in [0, 0.1) is 0 Å². The van der Waals surface area contributed by atoms with Crippen LogP contribution in [0.1, 0.15) is 46.0 Å². The first-order valence-electron chi connectivity index (χ1n) is 8.03. The molecule has 1 aliphatic carbocycles. The Bertz CT molecular complexity index is 571. The molecule has 126 valence electrons. The lowest BCUT2D eigenvalue weighted by atomic mass is 10.2. The summed E-state index contributed by atoms with van der Waals surface area (Å²) in [5.41, 5.74) is 0.997. The maximum atomic E-state index is 12.5. The molecule has 1 aromatic rings. The average molecular weight is 339 g/mol. The molecular formula is C17H23ClN2O3. The fourth-order valence-corrected chi connectivity index (χ4v) is 2.90. The van der Waals surface area contributed by atoms with E-state index >= 15 is 0 Å². The van der Waals surface area contributed by atoms with E-state index in [1.165, 1.54) is 6.92 Å². The molecule has 5 nitrogen and oxygen atoms in total. The van der Waals surface area contributed by atoms with Crippen LogP contribution in [0.2, 0.25) is 5.02 Å². The summed E-state index contributed by atoms with van der Waals surface area (Å²) in [6.07, 6.45) is 4.60. The van der Waals surface area contributed by atoms with Crippen LogP contribution in [0.5, 0.6) is 0 Å². The predicted octanol–water partition coefficient (Wildman–Crippen LogP) is 3.97. The Hall–Kier alpha value is -1.59. The Morgan fingerprint density at radius 3 is 2.57 bits per heavy atom. The average Bonchev–Trinajstić information content (AvgIpc) is 3.00. The van der Waals surface area contributed by atoms with Gasteiger partial charge in [0.1, 0.15) is 6.10 Å². The number of carbonyl (C=O) groups is 2. The van der Waals surface area contributed by atoms with Crippen molar-refractivity contribution in [3.63, 3.8) is 0 Å². The van der Waals surface area contributed by atoms with Crippen molar-refractivity contribution in [1.82, 2.24) is 0 Å². The number of anilines is 2. The lowest BCUT2D eigenvalue weighted by Crippen LogP contribution is -2.33. The van der Waals surface area contributed by atoms with E-state index in [9.17, 15) is 9.59 Å². The van der Waals surface area contributed by atoms with Crippen molar-refractivity contribution in [2.24, 2.45) is 0 Å². The maximum absolute atomic E-state index is 12.5. The molecule has 1 unspecified atom stereocenters. The van der Waals surface area contributed by atoms with Gasteiger partial charge in [0.05, 0.1) is 17.5 Å². The molecule has 1 fully saturated rings. The van der Waals surface area contributed by atoms with Crippen molar-refractivity contribution >= 4 is 34.8 Å². The second-order valence-electron chi connectivity index (χ2n) is 5.80. The van der Waals surface area contributed by atoms with E-state index in [4.69, 9.17) is 16.3 Å². The van der Waals surface area contributed by atoms with Gasteiger partial charge in [-0.15, -0.1) is 0 Å². The first-order valence-corrected chi connectivity index (χ1v) is 8.41. The first kappa shape index (κ1) is 17.8. The third kappa shape index (κ3) is 5.22. The zero-order valence-corrected chi connectivity index (χ0v) is 14.3. The molecular weight excluding hydrogens is 316 g/mol. The van der Waals surface area contributed by atoms with Crippen LogP contribution in [-0.4, -0.2) is 24.0 Å². The van der Waals surface area contributed by atoms with Crippen LogP contribution in [0.15, 0.2) is 18.2 Å². The van der Waals surface area contributed by atoms with Gasteiger partial charge >= 0.3 is 0 Å². The van der Waals surface area contributed by atoms with Crippen LogP contribution < -0.4 is 10.6 Å². The van der Waals surface area contributed by atoms with Gasteiger partial charge in [-0.3, -0.25) is 9.59 Å². The third-order valence-electron chi connectivity index (χ3n) is 3.87. The van der Waals surface area contributed by atoms with Gasteiger partial charge in [0, 0.05) is 11.9 Å². The van der Waals surface area contributed by atoms with Crippen LogP contribution >= 0.6 is 11.6 Å². The highest BCUT2D eigenvalue weighted by atomic mass is 35.5. The molecule has 23 heavy (non-hydrogen) atoms. The van der Waals surface area contributed by atoms with Crippen LogP contribution in [0.4, 0.5) is 11.4 Å². The molecule has 1 atom stereocenters. The Balaban J connectivity index is 2.07. The number of nitrogens with one attached hydrogen (secondary N) is 2. The smallest absolute Gasteiger partial charge is 0.253 e. The van der Waals surface area contributed by atoms with Crippen LogP contribution in [0.3, 0.4) is 0 Å². The summed E-state index contributed by atoms with van der Waals surface area (Å²) in [6, 6.07) is 4.94. The first-order chi connectivity index (χ1) is 11.0. The van der Waals surface area contributed by atoms with Gasteiger partial charge in [0.15, 0.2) is 0 Å². The summed E-state index contributed by atoms with van der Waals surface area (Å²) in [4.78, 5) is 23.8. The summed E-state index contributed by atoms with van der Waals surface area (Å²) < 4.78 is 5.91. The van der Waals surface area contributed by atoms with Crippen molar-refractivity contribution in [1.29, 1.82) is 0 Å². The minimum Gasteiger partial charge on any atom is -0.365 e. The minimum absolute atomic E-state index is 0.167. The second-order valence-corrected chi connectivity index (χ2v) is 6.24. The van der Waals surface area contributed by atoms with Crippen molar-refractivity contribution in [3.05, 3.63) is 23.2 Å². The highest BCUT2D eigenvalue weighted by Crippen LogP contribution is 2.27. The number of ether oxygens (including phenoxy) is 1. The molecule has 2 amide bonds. The molecule has 2 rings (SSSR count). The van der Waals surface area contributed by atoms with E-state index in [-0.39, 0.29) is 17.9 Å². The number of benzene rings is 1. The zero-order chi connectivity index (χ0) is 16.8. The third-order valence-corrected chi connectivity index (χ3v) is 4.11. The van der Waals surface area contributed by atoms with Crippen LogP contribution in [-0.2, 0) is 14.3 Å². The number of amides is 2. The lowest BCUT2D eigenvalue weighted by Gasteiger charge is -2.21. The number of halogens is 1. The molecule has 6 heteroatoms. The monoisotopic (exact) mass is 338 g/mol. The van der Waals surface area contributed by atoms with E-state index in [0.29, 0.717) is 22.8 Å². The fraction of sp³-hybridized carbons (Fsp3) is 0.529. The number of hydrogen-bond acceptors (Lipinski definition) is 3. The highest BCUT2D eigenvalue weighted by molar-refractivity contribution is 6.31. The molecule has 1 saturated carbocycles. The summed E-state index contributed by atoms with van der Waals surface area (Å²) in [5, 5.41) is 5.99. The molecule has 2 N–H and O–H groups in total. The lowest BCUT2D eigenvalue weighted by molar-refractivity contribution is -0.131. The SMILES string of the molecule is CCC(OC1CCCC1)C(=O)Nc1cc(Cl)ccc1NC(C)=O. The van der Waals surface area contributed by atoms with Gasteiger partial charge in [0.2, 0.25) is 5.91 Å². The second kappa shape index (κ2) is 8.31. The number of hydrogen-bond donors (Lipinski definition) is 2. The molecule has 0 radical (unpaired) electrons. The Morgan fingerprint density at radius 2 is 1.96 bits per heavy atom. The van der Waals surface area contributed by atoms with Crippen molar-refractivity contribution in [2.45, 2.75) is 58.2 Å². The van der Waals surface area contributed by atoms with Crippen molar-refractivity contribution in [2.75, 3.05) is 10.6 Å². The standard InChI is InChI=1S/C17H23ClN2O3/c1-3-16(23-13-6-4-5-7-13)17(22)20-15-10-12(18)8-9-14(15)19-11(2)21/h8-10,13,16H,3-7H2,1-2H3,(H,19,21)(H,20,22). The zero-order valence-electron chi connectivity index (χ0n) is 13.5. The van der Waals surface area contributed by atoms with E-state index in [1.807, 2.05) is 6.92 Å². The molecule has 0 aliphatic heterocycles. The normalized spacial score (nSPS) is 16.1. The Kier molecular flexibility index (Phi) is 6.42.